The Hall–Kier alpha value is -0.340. The van der Waals surface area contributed by atoms with Crippen molar-refractivity contribution in [3.63, 3.8) is 0 Å². The van der Waals surface area contributed by atoms with Crippen LogP contribution in [0.3, 0.4) is 0 Å². The van der Waals surface area contributed by atoms with Gasteiger partial charge in [-0.05, 0) is 45.6 Å². The first kappa shape index (κ1) is 13.1. The quantitative estimate of drug-likeness (QED) is 0.738. The minimum atomic E-state index is 0.553. The molecule has 0 radical (unpaired) electrons. The minimum absolute atomic E-state index is 0.553. The van der Waals surface area contributed by atoms with Gasteiger partial charge in [-0.2, -0.15) is 0 Å². The summed E-state index contributed by atoms with van der Waals surface area (Å²) in [4.78, 5) is 2.74. The second-order valence-electron chi connectivity index (χ2n) is 5.78. The van der Waals surface area contributed by atoms with Crippen molar-refractivity contribution in [3.05, 3.63) is 12.7 Å². The van der Waals surface area contributed by atoms with Gasteiger partial charge in [-0.3, -0.25) is 4.90 Å². The monoisotopic (exact) mass is 236 g/mol. The molecule has 2 heterocycles. The molecule has 0 aromatic heterocycles. The molecule has 2 aliphatic rings. The van der Waals surface area contributed by atoms with Crippen LogP contribution >= 0.6 is 0 Å². The molecule has 0 aromatic rings. The predicted molar refractivity (Wildman–Crippen MR) is 74.2 cm³/mol. The van der Waals surface area contributed by atoms with Crippen molar-refractivity contribution >= 4 is 0 Å². The Morgan fingerprint density at radius 1 is 1.35 bits per heavy atom. The van der Waals surface area contributed by atoms with Crippen LogP contribution in [0, 0.1) is 0 Å². The first-order valence-corrected chi connectivity index (χ1v) is 7.39. The molecular formula is C15H28N2. The van der Waals surface area contributed by atoms with E-state index in [1.54, 1.807) is 0 Å². The van der Waals surface area contributed by atoms with E-state index >= 15 is 0 Å². The number of nitrogens with zero attached hydrogens (tertiary/aromatic N) is 1. The number of hydrogen-bond donors (Lipinski definition) is 1. The number of nitrogens with one attached hydrogen (secondary N) is 1. The highest BCUT2D eigenvalue weighted by Crippen LogP contribution is 2.35. The third-order valence-electron chi connectivity index (χ3n) is 4.53. The normalized spacial score (nSPS) is 35.5. The molecule has 2 rings (SSSR count). The molecule has 2 fully saturated rings. The molecule has 98 valence electrons. The number of fused-ring (bicyclic) bond motifs is 2. The fourth-order valence-electron chi connectivity index (χ4n) is 3.72. The van der Waals surface area contributed by atoms with Gasteiger partial charge in [0.05, 0.1) is 0 Å². The third kappa shape index (κ3) is 2.92. The lowest BCUT2D eigenvalue weighted by Gasteiger charge is -2.51. The van der Waals surface area contributed by atoms with Gasteiger partial charge >= 0.3 is 0 Å². The maximum atomic E-state index is 3.97. The van der Waals surface area contributed by atoms with Crippen molar-refractivity contribution in [1.82, 2.24) is 10.2 Å². The summed E-state index contributed by atoms with van der Waals surface area (Å²) in [5.41, 5.74) is 0. The Bertz CT molecular complexity index is 237. The van der Waals surface area contributed by atoms with E-state index in [-0.39, 0.29) is 0 Å². The molecular weight excluding hydrogens is 208 g/mol. The summed E-state index contributed by atoms with van der Waals surface area (Å²) in [5, 5.41) is 3.72. The van der Waals surface area contributed by atoms with Crippen LogP contribution in [-0.4, -0.2) is 35.6 Å². The molecule has 0 amide bonds. The van der Waals surface area contributed by atoms with E-state index in [0.29, 0.717) is 6.04 Å². The zero-order chi connectivity index (χ0) is 12.3. The molecule has 17 heavy (non-hydrogen) atoms. The van der Waals surface area contributed by atoms with Gasteiger partial charge in [0.25, 0.3) is 0 Å². The van der Waals surface area contributed by atoms with Crippen molar-refractivity contribution < 1.29 is 0 Å². The lowest BCUT2D eigenvalue weighted by molar-refractivity contribution is 0.00848. The third-order valence-corrected chi connectivity index (χ3v) is 4.53. The average Bonchev–Trinajstić information content (AvgIpc) is 2.34. The molecule has 2 aliphatic heterocycles. The Labute approximate surface area is 106 Å². The Morgan fingerprint density at radius 3 is 2.53 bits per heavy atom. The van der Waals surface area contributed by atoms with Crippen LogP contribution in [0.4, 0.5) is 0 Å². The molecule has 2 nitrogen and oxygen atoms in total. The maximum Gasteiger partial charge on any atom is 0.0253 e. The highest BCUT2D eigenvalue weighted by Gasteiger charge is 2.39. The van der Waals surface area contributed by atoms with E-state index < -0.39 is 0 Å². The predicted octanol–water partition coefficient (Wildman–Crippen LogP) is 2.95. The standard InChI is InChI=1S/C15H28N2/c1-4-9-16-13-10-14-7-6-8-15(11-13)17(14)12(3)5-2/h5,12-16H,2,4,6-11H2,1,3H3. The van der Waals surface area contributed by atoms with Gasteiger partial charge in [0.15, 0.2) is 0 Å². The molecule has 0 aromatic carbocycles. The lowest BCUT2D eigenvalue weighted by atomic mass is 9.80. The van der Waals surface area contributed by atoms with E-state index in [4.69, 9.17) is 0 Å². The van der Waals surface area contributed by atoms with Gasteiger partial charge in [-0.15, -0.1) is 6.58 Å². The first-order chi connectivity index (χ1) is 8.26. The summed E-state index contributed by atoms with van der Waals surface area (Å²) in [6, 6.07) is 2.91. The van der Waals surface area contributed by atoms with Crippen molar-refractivity contribution in [2.75, 3.05) is 6.54 Å². The molecule has 1 N–H and O–H groups in total. The summed E-state index contributed by atoms with van der Waals surface area (Å²) in [6.45, 7) is 9.71. The smallest absolute Gasteiger partial charge is 0.0253 e. The number of hydrogen-bond acceptors (Lipinski definition) is 2. The van der Waals surface area contributed by atoms with Crippen LogP contribution in [0.1, 0.15) is 52.4 Å². The van der Waals surface area contributed by atoms with Gasteiger partial charge in [0, 0.05) is 24.2 Å². The van der Waals surface area contributed by atoms with Crippen molar-refractivity contribution in [1.29, 1.82) is 0 Å². The van der Waals surface area contributed by atoms with Gasteiger partial charge < -0.3 is 5.32 Å². The maximum absolute atomic E-state index is 3.97. The van der Waals surface area contributed by atoms with Crippen LogP contribution in [0.5, 0.6) is 0 Å². The van der Waals surface area contributed by atoms with Gasteiger partial charge in [0.1, 0.15) is 0 Å². The van der Waals surface area contributed by atoms with E-state index in [0.717, 1.165) is 18.1 Å². The van der Waals surface area contributed by atoms with Crippen molar-refractivity contribution in [2.45, 2.75) is 76.5 Å². The van der Waals surface area contributed by atoms with Crippen molar-refractivity contribution in [2.24, 2.45) is 0 Å². The molecule has 0 spiro atoms. The fourth-order valence-corrected chi connectivity index (χ4v) is 3.72. The fraction of sp³-hybridized carbons (Fsp3) is 0.867. The van der Waals surface area contributed by atoms with Crippen molar-refractivity contribution in [3.8, 4) is 0 Å². The summed E-state index contributed by atoms with van der Waals surface area (Å²) < 4.78 is 0. The highest BCUT2D eigenvalue weighted by molar-refractivity contribution is 5.00. The van der Waals surface area contributed by atoms with E-state index in [9.17, 15) is 0 Å². The Kier molecular flexibility index (Phi) is 4.63. The molecule has 2 saturated heterocycles. The minimum Gasteiger partial charge on any atom is -0.314 e. The molecule has 2 heteroatoms. The molecule has 3 atom stereocenters. The molecule has 2 bridgehead atoms. The average molecular weight is 236 g/mol. The largest absolute Gasteiger partial charge is 0.314 e. The highest BCUT2D eigenvalue weighted by atomic mass is 15.2. The molecule has 0 saturated carbocycles. The second-order valence-corrected chi connectivity index (χ2v) is 5.78. The van der Waals surface area contributed by atoms with E-state index in [1.807, 2.05) is 0 Å². The number of rotatable bonds is 5. The van der Waals surface area contributed by atoms with Crippen LogP contribution in [0.15, 0.2) is 12.7 Å². The summed E-state index contributed by atoms with van der Waals surface area (Å²) >= 11 is 0. The van der Waals surface area contributed by atoms with Gasteiger partial charge in [0.2, 0.25) is 0 Å². The molecule has 0 aliphatic carbocycles. The zero-order valence-corrected chi connectivity index (χ0v) is 11.5. The summed E-state index contributed by atoms with van der Waals surface area (Å²) in [7, 11) is 0. The van der Waals surface area contributed by atoms with Gasteiger partial charge in [-0.1, -0.05) is 19.4 Å². The second kappa shape index (κ2) is 6.01. The van der Waals surface area contributed by atoms with Crippen LogP contribution < -0.4 is 5.32 Å². The van der Waals surface area contributed by atoms with Crippen LogP contribution in [-0.2, 0) is 0 Å². The Balaban J connectivity index is 1.98. The molecule has 3 unspecified atom stereocenters. The first-order valence-electron chi connectivity index (χ1n) is 7.39. The Morgan fingerprint density at radius 2 is 2.00 bits per heavy atom. The summed E-state index contributed by atoms with van der Waals surface area (Å²) in [5.74, 6) is 0. The lowest BCUT2D eigenvalue weighted by Crippen LogP contribution is -2.58. The summed E-state index contributed by atoms with van der Waals surface area (Å²) in [6.07, 6.45) is 10.3. The SMILES string of the molecule is C=CC(C)N1C2CCCC1CC(NCCC)C2. The topological polar surface area (TPSA) is 15.3 Å². The zero-order valence-electron chi connectivity index (χ0n) is 11.5. The van der Waals surface area contributed by atoms with E-state index in [1.165, 1.54) is 45.1 Å². The van der Waals surface area contributed by atoms with Gasteiger partial charge in [-0.25, -0.2) is 0 Å². The number of piperidine rings is 2. The van der Waals surface area contributed by atoms with Crippen LogP contribution in [0.2, 0.25) is 0 Å². The van der Waals surface area contributed by atoms with E-state index in [2.05, 4.69) is 36.7 Å². The van der Waals surface area contributed by atoms with Crippen LogP contribution in [0.25, 0.3) is 0 Å².